The predicted octanol–water partition coefficient (Wildman–Crippen LogP) is 4.23. The molecule has 0 fully saturated rings. The molecule has 5 rings (SSSR count). The maximum Gasteiger partial charge on any atom is 0.335 e. The van der Waals surface area contributed by atoms with Crippen LogP contribution in [0.5, 0.6) is 0 Å². The molecule has 1 unspecified atom stereocenters. The highest BCUT2D eigenvalue weighted by atomic mass is 16.4. The summed E-state index contributed by atoms with van der Waals surface area (Å²) in [5.74, 6) is -1.25. The Hall–Kier alpha value is -4.26. The number of aromatic amines is 1. The van der Waals surface area contributed by atoms with Crippen LogP contribution < -0.4 is 4.90 Å². The summed E-state index contributed by atoms with van der Waals surface area (Å²) in [5.41, 5.74) is 5.35. The number of hydrogen-bond donors (Lipinski definition) is 2. The molecule has 4 aromatic rings. The summed E-state index contributed by atoms with van der Waals surface area (Å²) in [6.07, 6.45) is 1.69. The van der Waals surface area contributed by atoms with Crippen LogP contribution >= 0.6 is 0 Å². The third kappa shape index (κ3) is 3.07. The molecule has 31 heavy (non-hydrogen) atoms. The first-order chi connectivity index (χ1) is 15.0. The number of amides is 1. The molecule has 7 nitrogen and oxygen atoms in total. The molecule has 2 aromatic carbocycles. The second-order valence-corrected chi connectivity index (χ2v) is 7.41. The van der Waals surface area contributed by atoms with Crippen molar-refractivity contribution in [1.82, 2.24) is 15.2 Å². The van der Waals surface area contributed by atoms with Gasteiger partial charge in [-0.05, 0) is 43.3 Å². The van der Waals surface area contributed by atoms with E-state index in [4.69, 9.17) is 0 Å². The lowest BCUT2D eigenvalue weighted by Crippen LogP contribution is -2.29. The Balaban J connectivity index is 1.68. The van der Waals surface area contributed by atoms with Gasteiger partial charge in [-0.1, -0.05) is 35.9 Å². The first-order valence-corrected chi connectivity index (χ1v) is 9.78. The molecule has 0 saturated carbocycles. The Morgan fingerprint density at radius 1 is 1.03 bits per heavy atom. The van der Waals surface area contributed by atoms with Gasteiger partial charge in [0, 0.05) is 23.0 Å². The van der Waals surface area contributed by atoms with E-state index in [1.54, 1.807) is 23.2 Å². The first kappa shape index (κ1) is 18.7. The SMILES string of the molecule is Cc1ccc(-c2n[nH]c3c2C(c2ccccn2)N(c2ccc(C(=O)O)cc2)C3=O)cc1. The van der Waals surface area contributed by atoms with Gasteiger partial charge in [0.25, 0.3) is 5.91 Å². The number of hydrogen-bond acceptors (Lipinski definition) is 4. The van der Waals surface area contributed by atoms with E-state index in [0.29, 0.717) is 22.8 Å². The summed E-state index contributed by atoms with van der Waals surface area (Å²) in [7, 11) is 0. The Labute approximate surface area is 178 Å². The van der Waals surface area contributed by atoms with E-state index >= 15 is 0 Å². The Morgan fingerprint density at radius 2 is 1.77 bits per heavy atom. The number of carboxylic acids is 1. The summed E-state index contributed by atoms with van der Waals surface area (Å²) in [6.45, 7) is 2.02. The van der Waals surface area contributed by atoms with Crippen molar-refractivity contribution in [3.05, 3.63) is 101 Å². The van der Waals surface area contributed by atoms with Crippen molar-refractivity contribution < 1.29 is 14.7 Å². The highest BCUT2D eigenvalue weighted by molar-refractivity contribution is 6.11. The van der Waals surface area contributed by atoms with Gasteiger partial charge in [-0.2, -0.15) is 5.10 Å². The van der Waals surface area contributed by atoms with E-state index in [1.165, 1.54) is 12.1 Å². The standard InChI is InChI=1S/C24H18N4O3/c1-14-5-7-15(8-6-14)20-19-21(27-26-20)23(29)28(22(19)18-4-2-3-13-25-18)17-11-9-16(10-12-17)24(30)31/h2-13,22H,1H3,(H,26,27)(H,30,31). The van der Waals surface area contributed by atoms with Crippen molar-refractivity contribution >= 4 is 17.6 Å². The van der Waals surface area contributed by atoms with Gasteiger partial charge in [-0.25, -0.2) is 4.79 Å². The van der Waals surface area contributed by atoms with Crippen LogP contribution in [-0.4, -0.2) is 32.2 Å². The van der Waals surface area contributed by atoms with Gasteiger partial charge < -0.3 is 5.11 Å². The minimum absolute atomic E-state index is 0.158. The maximum atomic E-state index is 13.4. The van der Waals surface area contributed by atoms with E-state index in [0.717, 1.165) is 16.7 Å². The minimum Gasteiger partial charge on any atom is -0.478 e. The molecule has 7 heteroatoms. The molecule has 2 N–H and O–H groups in total. The average molecular weight is 410 g/mol. The zero-order chi connectivity index (χ0) is 21.5. The van der Waals surface area contributed by atoms with E-state index in [1.807, 2.05) is 49.4 Å². The lowest BCUT2D eigenvalue weighted by atomic mass is 9.98. The molecule has 0 spiro atoms. The summed E-state index contributed by atoms with van der Waals surface area (Å²) < 4.78 is 0. The zero-order valence-electron chi connectivity index (χ0n) is 16.6. The zero-order valence-corrected chi connectivity index (χ0v) is 16.6. The highest BCUT2D eigenvalue weighted by Crippen LogP contribution is 2.44. The predicted molar refractivity (Wildman–Crippen MR) is 115 cm³/mol. The first-order valence-electron chi connectivity index (χ1n) is 9.78. The number of aromatic nitrogens is 3. The van der Waals surface area contributed by atoms with Gasteiger partial charge in [0.2, 0.25) is 0 Å². The van der Waals surface area contributed by atoms with Gasteiger partial charge >= 0.3 is 5.97 Å². The Kier molecular flexibility index (Phi) is 4.36. The molecular formula is C24H18N4O3. The summed E-state index contributed by atoms with van der Waals surface area (Å²) >= 11 is 0. The molecule has 1 aliphatic heterocycles. The number of aryl methyl sites for hydroxylation is 1. The molecule has 1 atom stereocenters. The number of nitrogens with zero attached hydrogens (tertiary/aromatic N) is 3. The van der Waals surface area contributed by atoms with Crippen molar-refractivity contribution in [3.63, 3.8) is 0 Å². The monoisotopic (exact) mass is 410 g/mol. The molecule has 0 radical (unpaired) electrons. The summed E-state index contributed by atoms with van der Waals surface area (Å²) in [4.78, 5) is 30.8. The molecule has 0 bridgehead atoms. The molecule has 1 aliphatic rings. The van der Waals surface area contributed by atoms with Gasteiger partial charge in [0.15, 0.2) is 0 Å². The number of anilines is 1. The molecule has 0 saturated heterocycles. The third-order valence-corrected chi connectivity index (χ3v) is 5.45. The summed E-state index contributed by atoms with van der Waals surface area (Å²) in [5, 5.41) is 16.6. The number of rotatable bonds is 4. The molecule has 152 valence electrons. The molecule has 1 amide bonds. The van der Waals surface area contributed by atoms with Gasteiger partial charge in [0.1, 0.15) is 11.7 Å². The normalized spacial score (nSPS) is 15.2. The number of fused-ring (bicyclic) bond motifs is 1. The van der Waals surface area contributed by atoms with Crippen LogP contribution in [0.25, 0.3) is 11.3 Å². The van der Waals surface area contributed by atoms with Crippen molar-refractivity contribution in [2.45, 2.75) is 13.0 Å². The van der Waals surface area contributed by atoms with Crippen LogP contribution in [0.1, 0.15) is 43.7 Å². The second kappa shape index (κ2) is 7.21. The lowest BCUT2D eigenvalue weighted by Gasteiger charge is -2.25. The van der Waals surface area contributed by atoms with Crippen LogP contribution in [0, 0.1) is 6.92 Å². The van der Waals surface area contributed by atoms with Crippen molar-refractivity contribution in [2.24, 2.45) is 0 Å². The fourth-order valence-electron chi connectivity index (χ4n) is 3.93. The van der Waals surface area contributed by atoms with Gasteiger partial charge in [-0.15, -0.1) is 0 Å². The van der Waals surface area contributed by atoms with Crippen molar-refractivity contribution in [3.8, 4) is 11.3 Å². The number of nitrogens with one attached hydrogen (secondary N) is 1. The van der Waals surface area contributed by atoms with E-state index in [2.05, 4.69) is 15.2 Å². The fraction of sp³-hybridized carbons (Fsp3) is 0.0833. The lowest BCUT2D eigenvalue weighted by molar-refractivity contribution is 0.0696. The number of aromatic carboxylic acids is 1. The number of pyridine rings is 1. The van der Waals surface area contributed by atoms with Gasteiger partial charge in [-0.3, -0.25) is 19.8 Å². The minimum atomic E-state index is -1.02. The molecule has 3 heterocycles. The van der Waals surface area contributed by atoms with Crippen LogP contribution in [0.3, 0.4) is 0 Å². The number of H-pyrrole nitrogens is 1. The van der Waals surface area contributed by atoms with E-state index < -0.39 is 12.0 Å². The highest BCUT2D eigenvalue weighted by Gasteiger charge is 2.43. The van der Waals surface area contributed by atoms with Crippen molar-refractivity contribution in [1.29, 1.82) is 0 Å². The molecule has 2 aromatic heterocycles. The number of carboxylic acid groups (broad SMARTS) is 1. The topological polar surface area (TPSA) is 99.2 Å². The van der Waals surface area contributed by atoms with Crippen LogP contribution in [0.15, 0.2) is 72.9 Å². The smallest absolute Gasteiger partial charge is 0.335 e. The number of benzene rings is 2. The average Bonchev–Trinajstić information content (AvgIpc) is 3.34. The number of carbonyl (C=O) groups excluding carboxylic acids is 1. The molecular weight excluding hydrogens is 392 g/mol. The van der Waals surface area contributed by atoms with Crippen LogP contribution in [0.2, 0.25) is 0 Å². The summed E-state index contributed by atoms with van der Waals surface area (Å²) in [6, 6.07) is 19.3. The van der Waals surface area contributed by atoms with Crippen LogP contribution in [-0.2, 0) is 0 Å². The largest absolute Gasteiger partial charge is 0.478 e. The van der Waals surface area contributed by atoms with Crippen molar-refractivity contribution in [2.75, 3.05) is 4.90 Å². The second-order valence-electron chi connectivity index (χ2n) is 7.41. The third-order valence-electron chi connectivity index (χ3n) is 5.45. The Bertz CT molecular complexity index is 1280. The fourth-order valence-corrected chi connectivity index (χ4v) is 3.93. The maximum absolute atomic E-state index is 13.4. The molecule has 0 aliphatic carbocycles. The van der Waals surface area contributed by atoms with E-state index in [9.17, 15) is 14.7 Å². The van der Waals surface area contributed by atoms with Crippen LogP contribution in [0.4, 0.5) is 5.69 Å². The van der Waals surface area contributed by atoms with Gasteiger partial charge in [0.05, 0.1) is 17.0 Å². The number of carbonyl (C=O) groups is 2. The quantitative estimate of drug-likeness (QED) is 0.525. The Morgan fingerprint density at radius 3 is 2.42 bits per heavy atom. The van der Waals surface area contributed by atoms with E-state index in [-0.39, 0.29) is 11.5 Å².